The molecular formula is C22H34N8O. The molecule has 1 amide bonds. The highest BCUT2D eigenvalue weighted by molar-refractivity contribution is 5.82. The number of carbonyl (C=O) groups is 1. The van der Waals surface area contributed by atoms with Crippen molar-refractivity contribution >= 4 is 17.4 Å². The third kappa shape index (κ3) is 3.79. The number of amides is 1. The minimum Gasteiger partial charge on any atom is -0.355 e. The highest BCUT2D eigenvalue weighted by Gasteiger charge is 2.39. The van der Waals surface area contributed by atoms with Crippen LogP contribution in [-0.2, 0) is 4.79 Å². The fourth-order valence-corrected chi connectivity index (χ4v) is 5.39. The Hall–Kier alpha value is -2.23. The van der Waals surface area contributed by atoms with Crippen LogP contribution in [0, 0.1) is 6.92 Å². The number of hydrogen-bond donors (Lipinski definition) is 2. The molecule has 168 valence electrons. The second-order valence-electron chi connectivity index (χ2n) is 9.57. The van der Waals surface area contributed by atoms with Gasteiger partial charge in [0.05, 0.1) is 11.7 Å². The average Bonchev–Trinajstić information content (AvgIpc) is 3.44. The number of likely N-dealkylation sites (N-methyl/N-ethyl adjacent to an activating group) is 1. The number of fused-ring (bicyclic) bond motifs is 1. The number of nitrogens with zero attached hydrogens (tertiary/aromatic N) is 6. The van der Waals surface area contributed by atoms with Gasteiger partial charge in [-0.05, 0) is 46.6 Å². The number of anilines is 1. The molecule has 3 saturated heterocycles. The first-order chi connectivity index (χ1) is 14.9. The molecule has 0 bridgehead atoms. The van der Waals surface area contributed by atoms with Crippen molar-refractivity contribution in [2.24, 2.45) is 5.73 Å². The Bertz CT molecular complexity index is 974. The second kappa shape index (κ2) is 8.03. The van der Waals surface area contributed by atoms with Gasteiger partial charge in [-0.1, -0.05) is 0 Å². The van der Waals surface area contributed by atoms with Gasteiger partial charge >= 0.3 is 0 Å². The Morgan fingerprint density at radius 3 is 2.77 bits per heavy atom. The first-order valence-electron chi connectivity index (χ1n) is 11.5. The molecule has 3 N–H and O–H groups in total. The summed E-state index contributed by atoms with van der Waals surface area (Å²) in [6.45, 7) is 7.65. The van der Waals surface area contributed by atoms with Crippen molar-refractivity contribution in [3.05, 3.63) is 23.5 Å². The largest absolute Gasteiger partial charge is 0.355 e. The number of aryl methyl sites for hydroxylation is 1. The second-order valence-corrected chi connectivity index (χ2v) is 9.57. The first-order valence-corrected chi connectivity index (χ1v) is 11.5. The van der Waals surface area contributed by atoms with E-state index in [0.717, 1.165) is 74.6 Å². The van der Waals surface area contributed by atoms with Crippen LogP contribution < -0.4 is 16.0 Å². The van der Waals surface area contributed by atoms with Gasteiger partial charge in [-0.25, -0.2) is 9.50 Å². The van der Waals surface area contributed by atoms with Gasteiger partial charge < -0.3 is 15.5 Å². The summed E-state index contributed by atoms with van der Waals surface area (Å²) >= 11 is 0. The molecule has 3 fully saturated rings. The summed E-state index contributed by atoms with van der Waals surface area (Å²) in [7, 11) is 2.02. The maximum atomic E-state index is 13.4. The molecule has 0 aliphatic carbocycles. The van der Waals surface area contributed by atoms with E-state index in [-0.39, 0.29) is 24.2 Å². The van der Waals surface area contributed by atoms with Crippen LogP contribution in [0.15, 0.2) is 12.3 Å². The first kappa shape index (κ1) is 20.7. The molecule has 3 aliphatic heterocycles. The van der Waals surface area contributed by atoms with E-state index >= 15 is 0 Å². The Morgan fingerprint density at radius 1 is 1.23 bits per heavy atom. The normalized spacial score (nSPS) is 29.9. The maximum absolute atomic E-state index is 13.4. The minimum absolute atomic E-state index is 0.00183. The van der Waals surface area contributed by atoms with Crippen molar-refractivity contribution in [2.75, 3.05) is 38.1 Å². The number of likely N-dealkylation sites (tertiary alicyclic amines) is 1. The summed E-state index contributed by atoms with van der Waals surface area (Å²) < 4.78 is 1.86. The maximum Gasteiger partial charge on any atom is 0.255 e. The standard InChI is InChI=1S/C22H34N8O/c1-14-11-30-19(25-20(14)28-9-7-16(23)13-28)10-17(26-30)18-6-4-5-8-29(18)22(31)21-24-15(2)12-27(21)3/h10-11,15-16,18,21,24H,4-9,12-13,23H2,1-3H3/t15?,16-,18-,21?/m0/s1. The quantitative estimate of drug-likeness (QED) is 0.752. The highest BCUT2D eigenvalue weighted by Crippen LogP contribution is 2.32. The van der Waals surface area contributed by atoms with Gasteiger partial charge in [0.15, 0.2) is 5.65 Å². The lowest BCUT2D eigenvalue weighted by molar-refractivity contribution is -0.140. The van der Waals surface area contributed by atoms with E-state index < -0.39 is 0 Å². The zero-order valence-electron chi connectivity index (χ0n) is 18.8. The lowest BCUT2D eigenvalue weighted by Gasteiger charge is -2.37. The molecule has 0 saturated carbocycles. The zero-order chi connectivity index (χ0) is 21.7. The highest BCUT2D eigenvalue weighted by atomic mass is 16.2. The number of rotatable bonds is 3. The number of hydrogen-bond acceptors (Lipinski definition) is 7. The van der Waals surface area contributed by atoms with Gasteiger partial charge in [0.2, 0.25) is 0 Å². The molecule has 4 atom stereocenters. The van der Waals surface area contributed by atoms with Crippen LogP contribution in [0.25, 0.3) is 5.65 Å². The Labute approximate surface area is 183 Å². The molecule has 9 nitrogen and oxygen atoms in total. The predicted molar refractivity (Wildman–Crippen MR) is 120 cm³/mol. The van der Waals surface area contributed by atoms with Crippen LogP contribution in [0.2, 0.25) is 0 Å². The molecule has 9 heteroatoms. The van der Waals surface area contributed by atoms with E-state index in [1.54, 1.807) is 0 Å². The van der Waals surface area contributed by atoms with E-state index in [2.05, 4.69) is 35.0 Å². The Kier molecular flexibility index (Phi) is 5.35. The molecule has 2 aromatic rings. The molecule has 0 radical (unpaired) electrons. The van der Waals surface area contributed by atoms with Crippen LogP contribution in [0.3, 0.4) is 0 Å². The molecule has 0 spiro atoms. The molecule has 2 unspecified atom stereocenters. The summed E-state index contributed by atoms with van der Waals surface area (Å²) in [5, 5.41) is 8.29. The fourth-order valence-electron chi connectivity index (χ4n) is 5.39. The van der Waals surface area contributed by atoms with Crippen LogP contribution in [-0.4, -0.2) is 81.8 Å². The van der Waals surface area contributed by atoms with Crippen molar-refractivity contribution < 1.29 is 4.79 Å². The van der Waals surface area contributed by atoms with Crippen molar-refractivity contribution in [3.63, 3.8) is 0 Å². The molecule has 5 rings (SSSR count). The zero-order valence-corrected chi connectivity index (χ0v) is 18.8. The van der Waals surface area contributed by atoms with E-state index in [9.17, 15) is 4.79 Å². The van der Waals surface area contributed by atoms with Crippen molar-refractivity contribution in [1.82, 2.24) is 29.7 Å². The van der Waals surface area contributed by atoms with Crippen LogP contribution in [0.4, 0.5) is 5.82 Å². The van der Waals surface area contributed by atoms with Gasteiger partial charge in [-0.2, -0.15) is 5.10 Å². The van der Waals surface area contributed by atoms with E-state index in [0.29, 0.717) is 6.04 Å². The predicted octanol–water partition coefficient (Wildman–Crippen LogP) is 0.878. The van der Waals surface area contributed by atoms with E-state index in [1.807, 2.05) is 22.7 Å². The summed E-state index contributed by atoms with van der Waals surface area (Å²) in [4.78, 5) is 24.8. The number of piperidine rings is 1. The average molecular weight is 427 g/mol. The molecule has 2 aromatic heterocycles. The van der Waals surface area contributed by atoms with Gasteiger partial charge in [0, 0.05) is 56.1 Å². The number of nitrogens with two attached hydrogens (primary N) is 1. The molecule has 31 heavy (non-hydrogen) atoms. The summed E-state index contributed by atoms with van der Waals surface area (Å²) in [6, 6.07) is 2.59. The van der Waals surface area contributed by atoms with Crippen molar-refractivity contribution in [2.45, 2.75) is 63.8 Å². The minimum atomic E-state index is -0.251. The fraction of sp³-hybridized carbons (Fsp3) is 0.682. The SMILES string of the molecule is Cc1cn2nc([C@@H]3CCCCN3C(=O)C3NC(C)CN3C)cc2nc1N1CC[C@H](N)C1. The molecule has 0 aromatic carbocycles. The van der Waals surface area contributed by atoms with Crippen molar-refractivity contribution in [1.29, 1.82) is 0 Å². The van der Waals surface area contributed by atoms with Crippen LogP contribution in [0.1, 0.15) is 49.9 Å². The van der Waals surface area contributed by atoms with Gasteiger partial charge in [-0.15, -0.1) is 0 Å². The van der Waals surface area contributed by atoms with Crippen LogP contribution >= 0.6 is 0 Å². The molecule has 3 aliphatic rings. The smallest absolute Gasteiger partial charge is 0.255 e. The number of carbonyl (C=O) groups excluding carboxylic acids is 1. The molecule has 5 heterocycles. The summed E-state index contributed by atoms with van der Waals surface area (Å²) in [5.74, 6) is 1.15. The van der Waals surface area contributed by atoms with Gasteiger partial charge in [0.25, 0.3) is 5.91 Å². The van der Waals surface area contributed by atoms with E-state index in [1.165, 1.54) is 0 Å². The number of nitrogens with one attached hydrogen (secondary N) is 1. The third-order valence-corrected chi connectivity index (χ3v) is 6.95. The topological polar surface area (TPSA) is 95.0 Å². The van der Waals surface area contributed by atoms with E-state index in [4.69, 9.17) is 15.8 Å². The summed E-state index contributed by atoms with van der Waals surface area (Å²) in [6.07, 6.45) is 5.88. The Balaban J connectivity index is 1.43. The van der Waals surface area contributed by atoms with Crippen LogP contribution in [0.5, 0.6) is 0 Å². The molecular weight excluding hydrogens is 392 g/mol. The monoisotopic (exact) mass is 426 g/mol. The summed E-state index contributed by atoms with van der Waals surface area (Å²) in [5.41, 5.74) is 8.97. The van der Waals surface area contributed by atoms with Gasteiger partial charge in [0.1, 0.15) is 12.0 Å². The van der Waals surface area contributed by atoms with Crippen molar-refractivity contribution in [3.8, 4) is 0 Å². The van der Waals surface area contributed by atoms with Gasteiger partial charge in [-0.3, -0.25) is 15.0 Å². The Morgan fingerprint density at radius 2 is 2.06 bits per heavy atom. The number of aromatic nitrogens is 3. The lowest BCUT2D eigenvalue weighted by Crippen LogP contribution is -2.52. The third-order valence-electron chi connectivity index (χ3n) is 6.95. The lowest BCUT2D eigenvalue weighted by atomic mass is 9.99.